The molecule has 0 bridgehead atoms. The summed E-state index contributed by atoms with van der Waals surface area (Å²) in [7, 11) is 2.13. The molecule has 4 N–H and O–H groups in total. The van der Waals surface area contributed by atoms with Gasteiger partial charge in [0.25, 0.3) is 0 Å². The number of hydrogen-bond donors (Lipinski definition) is 4. The average molecular weight is 564 g/mol. The molecule has 0 saturated carbocycles. The van der Waals surface area contributed by atoms with Crippen LogP contribution in [0, 0.1) is 5.82 Å². The molecule has 0 aliphatic carbocycles. The summed E-state index contributed by atoms with van der Waals surface area (Å²) in [6.07, 6.45) is 4.59. The largest absolute Gasteiger partial charge is 0.373 e. The van der Waals surface area contributed by atoms with Crippen LogP contribution in [-0.4, -0.2) is 79.6 Å². The second-order valence-electron chi connectivity index (χ2n) is 10.7. The fourth-order valence-electron chi connectivity index (χ4n) is 5.51. The SMILES string of the molecule is CN1CCN(c2ccnc3nc(-c4n[nH]c5cc(F)c(-c6cncc(NC(O)Cc7ccccc7)c6)cc45)[nH]c23)CC1. The Kier molecular flexibility index (Phi) is 6.73. The Morgan fingerprint density at radius 2 is 1.88 bits per heavy atom. The first kappa shape index (κ1) is 26.1. The van der Waals surface area contributed by atoms with Crippen molar-refractivity contribution in [2.75, 3.05) is 43.4 Å². The van der Waals surface area contributed by atoms with E-state index in [0.717, 1.165) is 42.9 Å². The minimum absolute atomic E-state index is 0.367. The molecule has 1 atom stereocenters. The number of nitrogens with one attached hydrogen (secondary N) is 3. The topological polar surface area (TPSA) is 122 Å². The molecule has 0 spiro atoms. The number of aromatic nitrogens is 6. The number of aromatic amines is 2. The van der Waals surface area contributed by atoms with Crippen LogP contribution in [0.1, 0.15) is 5.56 Å². The van der Waals surface area contributed by atoms with E-state index >= 15 is 4.39 Å². The highest BCUT2D eigenvalue weighted by Crippen LogP contribution is 2.34. The van der Waals surface area contributed by atoms with Crippen LogP contribution in [0.4, 0.5) is 15.8 Å². The monoisotopic (exact) mass is 563 g/mol. The van der Waals surface area contributed by atoms with Gasteiger partial charge in [0.15, 0.2) is 11.5 Å². The first-order chi connectivity index (χ1) is 20.5. The van der Waals surface area contributed by atoms with Gasteiger partial charge in [-0.25, -0.2) is 14.4 Å². The van der Waals surface area contributed by atoms with Crippen molar-refractivity contribution in [1.82, 2.24) is 35.0 Å². The normalized spacial score (nSPS) is 15.0. The molecule has 1 aliphatic heterocycles. The molecule has 1 aliphatic rings. The Bertz CT molecular complexity index is 1860. The predicted molar refractivity (Wildman–Crippen MR) is 162 cm³/mol. The fraction of sp³-hybridized carbons (Fsp3) is 0.226. The number of anilines is 2. The Labute approximate surface area is 241 Å². The Hall–Kier alpha value is -4.87. The van der Waals surface area contributed by atoms with E-state index in [4.69, 9.17) is 4.98 Å². The van der Waals surface area contributed by atoms with Crippen LogP contribution in [0.25, 0.3) is 44.7 Å². The molecule has 0 radical (unpaired) electrons. The standard InChI is InChI=1S/C31H30FN9O/c1-40-9-11-41(12-10-40)26-7-8-34-30-29(26)36-31(37-30)28-23-15-22(24(32)16-25(23)38-39-28)20-14-21(18-33-17-20)35-27(42)13-19-5-3-2-4-6-19/h2-8,14-18,27,35,42H,9-13H2,1H3,(H,38,39)(H,34,36,37). The number of halogens is 1. The lowest BCUT2D eigenvalue weighted by Gasteiger charge is -2.34. The van der Waals surface area contributed by atoms with Crippen LogP contribution >= 0.6 is 0 Å². The Balaban J connectivity index is 1.20. The van der Waals surface area contributed by atoms with Crippen LogP contribution in [0.3, 0.4) is 0 Å². The van der Waals surface area contributed by atoms with E-state index in [-0.39, 0.29) is 0 Å². The van der Waals surface area contributed by atoms with Crippen LogP contribution in [0.2, 0.25) is 0 Å². The molecule has 6 aromatic rings. The summed E-state index contributed by atoms with van der Waals surface area (Å²) in [6.45, 7) is 3.81. The molecular formula is C31H30FN9O. The first-order valence-corrected chi connectivity index (χ1v) is 13.9. The van der Waals surface area contributed by atoms with Crippen molar-refractivity contribution in [3.63, 3.8) is 0 Å². The number of pyridine rings is 2. The summed E-state index contributed by atoms with van der Waals surface area (Å²) < 4.78 is 15.4. The third-order valence-corrected chi connectivity index (χ3v) is 7.74. The zero-order valence-electron chi connectivity index (χ0n) is 23.0. The van der Waals surface area contributed by atoms with E-state index in [0.29, 0.717) is 51.3 Å². The van der Waals surface area contributed by atoms with E-state index in [1.807, 2.05) is 36.4 Å². The number of aliphatic hydroxyl groups excluding tert-OH is 1. The number of H-pyrrole nitrogens is 2. The minimum Gasteiger partial charge on any atom is -0.373 e. The smallest absolute Gasteiger partial charge is 0.180 e. The third kappa shape index (κ3) is 5.04. The van der Waals surface area contributed by atoms with Crippen LogP contribution in [0.5, 0.6) is 0 Å². The number of piperazine rings is 1. The predicted octanol–water partition coefficient (Wildman–Crippen LogP) is 4.43. The lowest BCUT2D eigenvalue weighted by Crippen LogP contribution is -2.44. The Morgan fingerprint density at radius 1 is 1.05 bits per heavy atom. The molecule has 1 fully saturated rings. The number of hydrogen-bond acceptors (Lipinski definition) is 8. The van der Waals surface area contributed by atoms with Gasteiger partial charge in [0, 0.05) is 67.6 Å². The highest BCUT2D eigenvalue weighted by atomic mass is 19.1. The lowest BCUT2D eigenvalue weighted by molar-refractivity contribution is 0.204. The van der Waals surface area contributed by atoms with Gasteiger partial charge in [0.05, 0.1) is 23.1 Å². The van der Waals surface area contributed by atoms with Crippen molar-refractivity contribution in [3.8, 4) is 22.6 Å². The van der Waals surface area contributed by atoms with Crippen molar-refractivity contribution in [2.24, 2.45) is 0 Å². The number of fused-ring (bicyclic) bond motifs is 2. The molecule has 212 valence electrons. The maximum atomic E-state index is 15.4. The number of nitrogens with zero attached hydrogens (tertiary/aromatic N) is 6. The van der Waals surface area contributed by atoms with E-state index in [1.165, 1.54) is 6.07 Å². The fourth-order valence-corrected chi connectivity index (χ4v) is 5.51. The molecule has 0 amide bonds. The van der Waals surface area contributed by atoms with Crippen LogP contribution in [-0.2, 0) is 6.42 Å². The van der Waals surface area contributed by atoms with Crippen molar-refractivity contribution in [3.05, 3.63) is 84.6 Å². The summed E-state index contributed by atoms with van der Waals surface area (Å²) in [6, 6.07) is 16.7. The number of likely N-dealkylation sites (N-methyl/N-ethyl adjacent to an activating group) is 1. The van der Waals surface area contributed by atoms with Gasteiger partial charge in [-0.1, -0.05) is 30.3 Å². The summed E-state index contributed by atoms with van der Waals surface area (Å²) in [5, 5.41) is 21.8. The number of aliphatic hydroxyl groups is 1. The second kappa shape index (κ2) is 10.8. The highest BCUT2D eigenvalue weighted by Gasteiger charge is 2.21. The molecule has 10 nitrogen and oxygen atoms in total. The van der Waals surface area contributed by atoms with Crippen molar-refractivity contribution < 1.29 is 9.50 Å². The molecule has 1 saturated heterocycles. The van der Waals surface area contributed by atoms with Gasteiger partial charge in [0.1, 0.15) is 23.3 Å². The van der Waals surface area contributed by atoms with Gasteiger partial charge in [-0.15, -0.1) is 0 Å². The summed E-state index contributed by atoms with van der Waals surface area (Å²) in [5.41, 5.74) is 6.18. The second-order valence-corrected chi connectivity index (χ2v) is 10.7. The average Bonchev–Trinajstić information content (AvgIpc) is 3.61. The van der Waals surface area contributed by atoms with Gasteiger partial charge >= 0.3 is 0 Å². The van der Waals surface area contributed by atoms with E-state index < -0.39 is 12.0 Å². The molecule has 7 rings (SSSR count). The molecule has 4 aromatic heterocycles. The van der Waals surface area contributed by atoms with Crippen molar-refractivity contribution in [2.45, 2.75) is 12.6 Å². The zero-order chi connectivity index (χ0) is 28.6. The molecule has 42 heavy (non-hydrogen) atoms. The number of rotatable bonds is 7. The molecule has 11 heteroatoms. The summed E-state index contributed by atoms with van der Waals surface area (Å²) in [5.74, 6) is 0.144. The Morgan fingerprint density at radius 3 is 2.71 bits per heavy atom. The van der Waals surface area contributed by atoms with E-state index in [2.05, 4.69) is 47.3 Å². The number of imidazole rings is 1. The van der Waals surface area contributed by atoms with Gasteiger partial charge in [0.2, 0.25) is 0 Å². The maximum Gasteiger partial charge on any atom is 0.180 e. The quantitative estimate of drug-likeness (QED) is 0.211. The van der Waals surface area contributed by atoms with Gasteiger partial charge < -0.3 is 25.2 Å². The van der Waals surface area contributed by atoms with Crippen LogP contribution in [0.15, 0.2) is 73.2 Å². The lowest BCUT2D eigenvalue weighted by atomic mass is 10.0. The van der Waals surface area contributed by atoms with Gasteiger partial charge in [-0.2, -0.15) is 5.10 Å². The van der Waals surface area contributed by atoms with Gasteiger partial charge in [-0.05, 0) is 30.8 Å². The summed E-state index contributed by atoms with van der Waals surface area (Å²) >= 11 is 0. The molecule has 2 aromatic carbocycles. The van der Waals surface area contributed by atoms with Crippen molar-refractivity contribution >= 4 is 33.4 Å². The molecular weight excluding hydrogens is 533 g/mol. The highest BCUT2D eigenvalue weighted by molar-refractivity contribution is 5.97. The number of benzene rings is 2. The van der Waals surface area contributed by atoms with E-state index in [9.17, 15) is 5.11 Å². The maximum absolute atomic E-state index is 15.4. The molecule has 1 unspecified atom stereocenters. The minimum atomic E-state index is -0.824. The van der Waals surface area contributed by atoms with Crippen molar-refractivity contribution in [1.29, 1.82) is 0 Å². The molecule has 5 heterocycles. The third-order valence-electron chi connectivity index (χ3n) is 7.74. The first-order valence-electron chi connectivity index (χ1n) is 13.9. The summed E-state index contributed by atoms with van der Waals surface area (Å²) in [4.78, 5) is 21.6. The zero-order valence-corrected chi connectivity index (χ0v) is 23.0. The van der Waals surface area contributed by atoms with Crippen LogP contribution < -0.4 is 10.2 Å². The van der Waals surface area contributed by atoms with E-state index in [1.54, 1.807) is 30.7 Å². The van der Waals surface area contributed by atoms with Gasteiger partial charge in [-0.3, -0.25) is 10.1 Å².